The van der Waals surface area contributed by atoms with E-state index in [0.717, 1.165) is 27.9 Å². The molecule has 1 aliphatic heterocycles. The van der Waals surface area contributed by atoms with Crippen molar-refractivity contribution < 1.29 is 13.9 Å². The fourth-order valence-electron chi connectivity index (χ4n) is 4.75. The number of carbonyl (C=O) groups excluding carboxylic acids is 1. The van der Waals surface area contributed by atoms with Gasteiger partial charge >= 0.3 is 0 Å². The number of hydrogen-bond acceptors (Lipinski definition) is 5. The SMILES string of the molecule is CC(c1ccccc1)N1C(=O)C(=Cc2cn(-c3ccccc3)nc2-c2cccc(OCc3ccc(F)cc3)c2)SC1=S. The van der Waals surface area contributed by atoms with E-state index in [9.17, 15) is 9.18 Å². The summed E-state index contributed by atoms with van der Waals surface area (Å²) in [7, 11) is 0. The van der Waals surface area contributed by atoms with Crippen LogP contribution in [0.3, 0.4) is 0 Å². The fourth-order valence-corrected chi connectivity index (χ4v) is 6.16. The Morgan fingerprint density at radius 1 is 0.952 bits per heavy atom. The number of thioether (sulfide) groups is 1. The number of benzene rings is 4. The quantitative estimate of drug-likeness (QED) is 0.134. The van der Waals surface area contributed by atoms with Crippen LogP contribution in [0, 0.1) is 5.82 Å². The molecule has 0 aliphatic carbocycles. The van der Waals surface area contributed by atoms with E-state index in [0.29, 0.717) is 27.3 Å². The largest absolute Gasteiger partial charge is 0.489 e. The number of hydrogen-bond donors (Lipinski definition) is 0. The highest BCUT2D eigenvalue weighted by molar-refractivity contribution is 8.26. The highest BCUT2D eigenvalue weighted by Crippen LogP contribution is 2.39. The van der Waals surface area contributed by atoms with Crippen LogP contribution in [0.25, 0.3) is 23.0 Å². The van der Waals surface area contributed by atoms with Gasteiger partial charge in [-0.1, -0.05) is 96.8 Å². The second kappa shape index (κ2) is 12.1. The average Bonchev–Trinajstić information content (AvgIpc) is 3.57. The summed E-state index contributed by atoms with van der Waals surface area (Å²) >= 11 is 6.96. The van der Waals surface area contributed by atoms with Gasteiger partial charge in [0.05, 0.1) is 16.6 Å². The standard InChI is InChI=1S/C34H26FN3O2S2/c1-23(25-9-4-2-5-10-25)38-33(39)31(42-34(38)41)20-27-21-37(29-12-6-3-7-13-29)36-32(27)26-11-8-14-30(19-26)40-22-24-15-17-28(35)18-16-24/h2-21,23H,22H2,1H3. The number of aromatic nitrogens is 2. The molecule has 0 spiro atoms. The van der Waals surface area contributed by atoms with Crippen LogP contribution in [0.4, 0.5) is 4.39 Å². The molecule has 0 bridgehead atoms. The molecule has 5 aromatic rings. The van der Waals surface area contributed by atoms with Gasteiger partial charge < -0.3 is 4.74 Å². The van der Waals surface area contributed by atoms with Crippen LogP contribution in [0.15, 0.2) is 120 Å². The summed E-state index contributed by atoms with van der Waals surface area (Å²) in [6.07, 6.45) is 3.79. The number of amides is 1. The Hall–Kier alpha value is -4.53. The molecular formula is C34H26FN3O2S2. The van der Waals surface area contributed by atoms with Crippen LogP contribution in [-0.2, 0) is 11.4 Å². The third-order valence-corrected chi connectivity index (χ3v) is 8.30. The zero-order chi connectivity index (χ0) is 29.1. The molecule has 5 nitrogen and oxygen atoms in total. The Morgan fingerprint density at radius 3 is 2.40 bits per heavy atom. The van der Waals surface area contributed by atoms with Crippen molar-refractivity contribution in [2.75, 3.05) is 0 Å². The summed E-state index contributed by atoms with van der Waals surface area (Å²) < 4.78 is 21.6. The van der Waals surface area contributed by atoms with E-state index >= 15 is 0 Å². The highest BCUT2D eigenvalue weighted by Gasteiger charge is 2.36. The maximum absolute atomic E-state index is 13.6. The van der Waals surface area contributed by atoms with Crippen LogP contribution in [0.1, 0.15) is 29.7 Å². The summed E-state index contributed by atoms with van der Waals surface area (Å²) in [5.41, 5.74) is 5.09. The molecule has 1 aliphatic rings. The molecule has 0 radical (unpaired) electrons. The lowest BCUT2D eigenvalue weighted by Gasteiger charge is -2.23. The molecule has 1 saturated heterocycles. The lowest BCUT2D eigenvalue weighted by atomic mass is 10.1. The molecule has 2 heterocycles. The monoisotopic (exact) mass is 591 g/mol. The predicted octanol–water partition coefficient (Wildman–Crippen LogP) is 8.22. The van der Waals surface area contributed by atoms with Crippen LogP contribution in [0.2, 0.25) is 0 Å². The number of carbonyl (C=O) groups is 1. The Bertz CT molecular complexity index is 1770. The van der Waals surface area contributed by atoms with Crippen molar-refractivity contribution in [1.82, 2.24) is 14.7 Å². The van der Waals surface area contributed by atoms with Crippen molar-refractivity contribution in [3.63, 3.8) is 0 Å². The van der Waals surface area contributed by atoms with Crippen molar-refractivity contribution in [3.05, 3.63) is 143 Å². The molecular weight excluding hydrogens is 566 g/mol. The maximum atomic E-state index is 13.6. The second-order valence-electron chi connectivity index (χ2n) is 9.79. The Morgan fingerprint density at radius 2 is 1.67 bits per heavy atom. The van der Waals surface area contributed by atoms with E-state index in [1.807, 2.05) is 104 Å². The number of rotatable bonds is 8. The Labute approximate surface area is 253 Å². The number of halogens is 1. The molecule has 42 heavy (non-hydrogen) atoms. The summed E-state index contributed by atoms with van der Waals surface area (Å²) in [6, 6.07) is 33.4. The lowest BCUT2D eigenvalue weighted by molar-refractivity contribution is -0.123. The molecule has 0 N–H and O–H groups in total. The zero-order valence-corrected chi connectivity index (χ0v) is 24.3. The summed E-state index contributed by atoms with van der Waals surface area (Å²) in [5.74, 6) is 0.241. The van der Waals surface area contributed by atoms with E-state index in [4.69, 9.17) is 22.1 Å². The lowest BCUT2D eigenvalue weighted by Crippen LogP contribution is -2.30. The number of ether oxygens (including phenoxy) is 1. The molecule has 1 aromatic heterocycles. The molecule has 1 amide bonds. The molecule has 208 valence electrons. The molecule has 6 rings (SSSR count). The smallest absolute Gasteiger partial charge is 0.266 e. The number of para-hydroxylation sites is 1. The highest BCUT2D eigenvalue weighted by atomic mass is 32.2. The Balaban J connectivity index is 1.33. The number of nitrogens with zero attached hydrogens (tertiary/aromatic N) is 3. The maximum Gasteiger partial charge on any atom is 0.266 e. The van der Waals surface area contributed by atoms with Crippen molar-refractivity contribution in [2.45, 2.75) is 19.6 Å². The minimum atomic E-state index is -0.284. The van der Waals surface area contributed by atoms with Gasteiger partial charge in [0, 0.05) is 17.3 Å². The van der Waals surface area contributed by atoms with Gasteiger partial charge in [0.15, 0.2) is 0 Å². The van der Waals surface area contributed by atoms with Gasteiger partial charge in [-0.25, -0.2) is 9.07 Å². The first-order valence-electron chi connectivity index (χ1n) is 13.4. The van der Waals surface area contributed by atoms with E-state index < -0.39 is 0 Å². The van der Waals surface area contributed by atoms with Gasteiger partial charge in [0.2, 0.25) is 0 Å². The summed E-state index contributed by atoms with van der Waals surface area (Å²) in [4.78, 5) is 15.8. The summed E-state index contributed by atoms with van der Waals surface area (Å²) in [5, 5.41) is 4.92. The van der Waals surface area contributed by atoms with Gasteiger partial charge in [-0.15, -0.1) is 0 Å². The third kappa shape index (κ3) is 5.91. The van der Waals surface area contributed by atoms with E-state index in [-0.39, 0.29) is 17.8 Å². The molecule has 1 fully saturated rings. The van der Waals surface area contributed by atoms with Gasteiger partial charge in [-0.2, -0.15) is 5.10 Å². The van der Waals surface area contributed by atoms with Crippen molar-refractivity contribution >= 4 is 40.3 Å². The van der Waals surface area contributed by atoms with E-state index in [1.165, 1.54) is 23.9 Å². The van der Waals surface area contributed by atoms with Crippen LogP contribution >= 0.6 is 24.0 Å². The van der Waals surface area contributed by atoms with Crippen LogP contribution in [0.5, 0.6) is 5.75 Å². The average molecular weight is 592 g/mol. The Kier molecular flexibility index (Phi) is 7.99. The van der Waals surface area contributed by atoms with Crippen molar-refractivity contribution in [1.29, 1.82) is 0 Å². The van der Waals surface area contributed by atoms with E-state index in [2.05, 4.69) is 0 Å². The number of thiocarbonyl (C=S) groups is 1. The first-order chi connectivity index (χ1) is 20.5. The molecule has 0 saturated carbocycles. The van der Waals surface area contributed by atoms with E-state index in [1.54, 1.807) is 21.7 Å². The van der Waals surface area contributed by atoms with Crippen molar-refractivity contribution in [2.24, 2.45) is 0 Å². The zero-order valence-electron chi connectivity index (χ0n) is 22.7. The van der Waals surface area contributed by atoms with Crippen LogP contribution in [-0.4, -0.2) is 24.9 Å². The molecule has 1 unspecified atom stereocenters. The molecule has 8 heteroatoms. The summed E-state index contributed by atoms with van der Waals surface area (Å²) in [6.45, 7) is 2.29. The third-order valence-electron chi connectivity index (χ3n) is 6.97. The van der Waals surface area contributed by atoms with Gasteiger partial charge in [-0.3, -0.25) is 9.69 Å². The van der Waals surface area contributed by atoms with Gasteiger partial charge in [0.1, 0.15) is 28.2 Å². The molecule has 1 atom stereocenters. The topological polar surface area (TPSA) is 47.4 Å². The van der Waals surface area contributed by atoms with Crippen LogP contribution < -0.4 is 4.74 Å². The predicted molar refractivity (Wildman–Crippen MR) is 170 cm³/mol. The first kappa shape index (κ1) is 27.6. The minimum absolute atomic E-state index is 0.129. The fraction of sp³-hybridized carbons (Fsp3) is 0.0882. The second-order valence-corrected chi connectivity index (χ2v) is 11.5. The van der Waals surface area contributed by atoms with Gasteiger partial charge in [-0.05, 0) is 60.5 Å². The minimum Gasteiger partial charge on any atom is -0.489 e. The van der Waals surface area contributed by atoms with Crippen molar-refractivity contribution in [3.8, 4) is 22.7 Å². The van der Waals surface area contributed by atoms with Gasteiger partial charge in [0.25, 0.3) is 5.91 Å². The molecule has 4 aromatic carbocycles. The first-order valence-corrected chi connectivity index (χ1v) is 14.6. The normalized spacial score (nSPS) is 14.9.